The third kappa shape index (κ3) is 4.15. The van der Waals surface area contributed by atoms with Crippen LogP contribution in [0.25, 0.3) is 0 Å². The van der Waals surface area contributed by atoms with Crippen LogP contribution in [0.15, 0.2) is 73.1 Å². The van der Waals surface area contributed by atoms with E-state index in [2.05, 4.69) is 9.88 Å². The fourth-order valence-electron chi connectivity index (χ4n) is 5.25. The molecule has 0 saturated carbocycles. The molecule has 4 nitrogen and oxygen atoms in total. The fourth-order valence-corrected chi connectivity index (χ4v) is 5.25. The van der Waals surface area contributed by atoms with Crippen molar-refractivity contribution in [3.63, 3.8) is 0 Å². The van der Waals surface area contributed by atoms with Gasteiger partial charge in [-0.3, -0.25) is 14.7 Å². The highest BCUT2D eigenvalue weighted by Crippen LogP contribution is 2.42. The number of rotatable bonds is 4. The Balaban J connectivity index is 1.40. The van der Waals surface area contributed by atoms with Crippen molar-refractivity contribution in [3.05, 3.63) is 101 Å². The minimum absolute atomic E-state index is 0.00435. The van der Waals surface area contributed by atoms with Crippen LogP contribution in [0.5, 0.6) is 0 Å². The van der Waals surface area contributed by atoms with Crippen molar-refractivity contribution in [3.8, 4) is 0 Å². The van der Waals surface area contributed by atoms with Crippen molar-refractivity contribution in [2.24, 2.45) is 5.92 Å². The molecule has 2 aromatic carbocycles. The quantitative estimate of drug-likeness (QED) is 0.608. The molecule has 3 aromatic rings. The van der Waals surface area contributed by atoms with E-state index in [1.54, 1.807) is 24.5 Å². The number of halogens is 2. The Bertz CT molecular complexity index is 1070. The molecule has 0 N–H and O–H groups in total. The van der Waals surface area contributed by atoms with Crippen molar-refractivity contribution in [2.45, 2.75) is 24.9 Å². The maximum Gasteiger partial charge on any atom is 0.255 e. The van der Waals surface area contributed by atoms with E-state index in [1.807, 2.05) is 29.2 Å². The summed E-state index contributed by atoms with van der Waals surface area (Å²) in [5.41, 5.74) is 2.73. The normalized spacial score (nSPS) is 23.2. The molecule has 32 heavy (non-hydrogen) atoms. The molecule has 2 saturated heterocycles. The second-order valence-corrected chi connectivity index (χ2v) is 8.74. The SMILES string of the molecule is O=C(c1cccnc1)N1C[C@H](c2ccc(F)cc2)[C@H]2CN(Cc3ccc(F)cc3)CC[C@H]21. The first-order valence-electron chi connectivity index (χ1n) is 11.0. The number of likely N-dealkylation sites (tertiary alicyclic amines) is 2. The summed E-state index contributed by atoms with van der Waals surface area (Å²) < 4.78 is 26.8. The lowest BCUT2D eigenvalue weighted by molar-refractivity contribution is 0.0613. The van der Waals surface area contributed by atoms with Gasteiger partial charge in [0.15, 0.2) is 0 Å². The lowest BCUT2D eigenvalue weighted by Crippen LogP contribution is -2.47. The zero-order valence-corrected chi connectivity index (χ0v) is 17.7. The summed E-state index contributed by atoms with van der Waals surface area (Å²) in [6, 6.07) is 17.0. The van der Waals surface area contributed by atoms with Gasteiger partial charge in [-0.05, 0) is 53.9 Å². The molecule has 5 rings (SSSR count). The van der Waals surface area contributed by atoms with Crippen molar-refractivity contribution < 1.29 is 13.6 Å². The van der Waals surface area contributed by atoms with Gasteiger partial charge in [0.2, 0.25) is 0 Å². The summed E-state index contributed by atoms with van der Waals surface area (Å²) in [4.78, 5) is 21.8. The van der Waals surface area contributed by atoms with Crippen LogP contribution in [0.2, 0.25) is 0 Å². The molecule has 0 radical (unpaired) electrons. The number of hydrogen-bond acceptors (Lipinski definition) is 3. The molecule has 3 atom stereocenters. The Morgan fingerprint density at radius 1 is 0.969 bits per heavy atom. The Kier molecular flexibility index (Phi) is 5.70. The van der Waals surface area contributed by atoms with Crippen molar-refractivity contribution >= 4 is 5.91 Å². The zero-order valence-electron chi connectivity index (χ0n) is 17.7. The van der Waals surface area contributed by atoms with E-state index < -0.39 is 0 Å². The fraction of sp³-hybridized carbons (Fsp3) is 0.308. The monoisotopic (exact) mass is 433 g/mol. The largest absolute Gasteiger partial charge is 0.335 e. The van der Waals surface area contributed by atoms with Gasteiger partial charge in [-0.15, -0.1) is 0 Å². The third-order valence-corrected chi connectivity index (χ3v) is 6.80. The summed E-state index contributed by atoms with van der Waals surface area (Å²) in [6.45, 7) is 3.06. The highest BCUT2D eigenvalue weighted by molar-refractivity contribution is 5.94. The predicted octanol–water partition coefficient (Wildman–Crippen LogP) is 4.49. The number of pyridine rings is 1. The average Bonchev–Trinajstić information content (AvgIpc) is 3.20. The number of aromatic nitrogens is 1. The maximum absolute atomic E-state index is 13.6. The second kappa shape index (κ2) is 8.79. The minimum atomic E-state index is -0.256. The van der Waals surface area contributed by atoms with Crippen LogP contribution in [0.4, 0.5) is 8.78 Å². The molecular formula is C26H25F2N3O. The first-order valence-corrected chi connectivity index (χ1v) is 11.0. The van der Waals surface area contributed by atoms with Gasteiger partial charge in [0.05, 0.1) is 5.56 Å². The molecule has 0 spiro atoms. The molecule has 6 heteroatoms. The predicted molar refractivity (Wildman–Crippen MR) is 118 cm³/mol. The Hall–Kier alpha value is -3.12. The van der Waals surface area contributed by atoms with Crippen LogP contribution in [0, 0.1) is 17.6 Å². The molecular weight excluding hydrogens is 408 g/mol. The molecule has 0 bridgehead atoms. The highest BCUT2D eigenvalue weighted by Gasteiger charge is 2.47. The number of amides is 1. The standard InChI is InChI=1S/C26H25F2N3O/c27-21-7-3-18(4-8-21)15-30-13-11-25-24(16-30)23(19-5-9-22(28)10-6-19)17-31(25)26(32)20-2-1-12-29-14-20/h1-10,12,14,23-25H,11,13,15-17H2/t23-,24-,25-/m1/s1. The van der Waals surface area contributed by atoms with Crippen molar-refractivity contribution in [1.29, 1.82) is 0 Å². The summed E-state index contributed by atoms with van der Waals surface area (Å²) >= 11 is 0. The van der Waals surface area contributed by atoms with Gasteiger partial charge in [-0.1, -0.05) is 24.3 Å². The van der Waals surface area contributed by atoms with Crippen molar-refractivity contribution in [1.82, 2.24) is 14.8 Å². The first-order chi connectivity index (χ1) is 15.6. The molecule has 0 unspecified atom stereocenters. The van der Waals surface area contributed by atoms with Crippen LogP contribution in [-0.4, -0.2) is 46.4 Å². The maximum atomic E-state index is 13.6. The van der Waals surface area contributed by atoms with Crippen LogP contribution in [-0.2, 0) is 6.54 Å². The van der Waals surface area contributed by atoms with E-state index in [0.717, 1.165) is 37.2 Å². The Morgan fingerprint density at radius 3 is 2.38 bits per heavy atom. The third-order valence-electron chi connectivity index (χ3n) is 6.80. The van der Waals surface area contributed by atoms with E-state index in [9.17, 15) is 13.6 Å². The van der Waals surface area contributed by atoms with Crippen LogP contribution in [0.1, 0.15) is 33.8 Å². The van der Waals surface area contributed by atoms with Gasteiger partial charge in [-0.2, -0.15) is 0 Å². The number of benzene rings is 2. The van der Waals surface area contributed by atoms with Gasteiger partial charge in [0, 0.05) is 56.5 Å². The summed E-state index contributed by atoms with van der Waals surface area (Å²) in [7, 11) is 0. The molecule has 1 amide bonds. The van der Waals surface area contributed by atoms with E-state index >= 15 is 0 Å². The lowest BCUT2D eigenvalue weighted by Gasteiger charge is -2.39. The van der Waals surface area contributed by atoms with Crippen LogP contribution in [0.3, 0.4) is 0 Å². The number of fused-ring (bicyclic) bond motifs is 1. The Morgan fingerprint density at radius 2 is 1.69 bits per heavy atom. The molecule has 2 aliphatic rings. The van der Waals surface area contributed by atoms with Gasteiger partial charge in [-0.25, -0.2) is 8.78 Å². The smallest absolute Gasteiger partial charge is 0.255 e. The number of hydrogen-bond donors (Lipinski definition) is 0. The molecule has 2 fully saturated rings. The summed E-state index contributed by atoms with van der Waals surface area (Å²) in [5, 5.41) is 0. The minimum Gasteiger partial charge on any atom is -0.335 e. The summed E-state index contributed by atoms with van der Waals surface area (Å²) in [5.74, 6) is -0.102. The summed E-state index contributed by atoms with van der Waals surface area (Å²) in [6.07, 6.45) is 4.15. The second-order valence-electron chi connectivity index (χ2n) is 8.74. The average molecular weight is 434 g/mol. The van der Waals surface area contributed by atoms with Gasteiger partial charge < -0.3 is 4.90 Å². The van der Waals surface area contributed by atoms with Crippen LogP contribution >= 0.6 is 0 Å². The first kappa shape index (κ1) is 20.8. The number of carbonyl (C=O) groups is 1. The van der Waals surface area contributed by atoms with Gasteiger partial charge in [0.25, 0.3) is 5.91 Å². The lowest BCUT2D eigenvalue weighted by atomic mass is 9.81. The Labute approximate surface area is 186 Å². The van der Waals surface area contributed by atoms with Gasteiger partial charge >= 0.3 is 0 Å². The molecule has 3 heterocycles. The van der Waals surface area contributed by atoms with E-state index in [4.69, 9.17) is 0 Å². The van der Waals surface area contributed by atoms with E-state index in [-0.39, 0.29) is 35.4 Å². The molecule has 164 valence electrons. The van der Waals surface area contributed by atoms with Crippen LogP contribution < -0.4 is 0 Å². The number of piperidine rings is 1. The molecule has 1 aromatic heterocycles. The molecule has 0 aliphatic carbocycles. The zero-order chi connectivity index (χ0) is 22.1. The topological polar surface area (TPSA) is 36.4 Å². The highest BCUT2D eigenvalue weighted by atomic mass is 19.1. The number of nitrogens with zero attached hydrogens (tertiary/aromatic N) is 3. The molecule has 2 aliphatic heterocycles. The number of carbonyl (C=O) groups excluding carboxylic acids is 1. The van der Waals surface area contributed by atoms with Crippen molar-refractivity contribution in [2.75, 3.05) is 19.6 Å². The van der Waals surface area contributed by atoms with E-state index in [1.165, 1.54) is 24.3 Å². The van der Waals surface area contributed by atoms with Gasteiger partial charge in [0.1, 0.15) is 11.6 Å². The van der Waals surface area contributed by atoms with E-state index in [0.29, 0.717) is 12.1 Å².